The van der Waals surface area contributed by atoms with Crippen LogP contribution in [-0.2, 0) is 27.4 Å². The summed E-state index contributed by atoms with van der Waals surface area (Å²) in [5, 5.41) is 0. The number of carbonyl (C=O) groups is 2. The molecule has 2 aliphatic carbocycles. The molecule has 0 saturated heterocycles. The van der Waals surface area contributed by atoms with Crippen molar-refractivity contribution >= 4 is 11.6 Å². The van der Waals surface area contributed by atoms with Gasteiger partial charge < -0.3 is 19.1 Å². The molecule has 0 amide bonds. The normalized spacial score (nSPS) is 19.7. The van der Waals surface area contributed by atoms with E-state index in [0.29, 0.717) is 50.5 Å². The number of nitrogens with zero attached hydrogens (tertiary/aromatic N) is 1. The van der Waals surface area contributed by atoms with Crippen LogP contribution in [0.25, 0.3) is 0 Å². The predicted octanol–water partition coefficient (Wildman–Crippen LogP) is 7.33. The van der Waals surface area contributed by atoms with Crippen LogP contribution in [0.1, 0.15) is 76.0 Å². The minimum absolute atomic E-state index is 0.108. The third kappa shape index (κ3) is 6.21. The number of allylic oxidation sites excluding steroid dienone is 5. The van der Waals surface area contributed by atoms with Crippen molar-refractivity contribution in [3.63, 3.8) is 0 Å². The smallest absolute Gasteiger partial charge is 0.165 e. The van der Waals surface area contributed by atoms with Crippen LogP contribution in [0.4, 0.5) is 0 Å². The van der Waals surface area contributed by atoms with Crippen LogP contribution in [0.5, 0.6) is 11.5 Å². The SMILES string of the molecule is C=CCc1cc(C2C3=C(CC(C)(C)CC3=O)N(CCOC)C3=C2C(=O)CC(C)(C)C3)cc(OC)c1OCc1ccccc1. The molecule has 0 fully saturated rings. The van der Waals surface area contributed by atoms with Gasteiger partial charge in [0.15, 0.2) is 23.1 Å². The number of hydrogen-bond donors (Lipinski definition) is 0. The zero-order chi connectivity index (χ0) is 30.9. The van der Waals surface area contributed by atoms with Crippen LogP contribution in [0.3, 0.4) is 0 Å². The van der Waals surface area contributed by atoms with E-state index in [9.17, 15) is 9.59 Å². The monoisotopic (exact) mass is 583 g/mol. The lowest BCUT2D eigenvalue weighted by molar-refractivity contribution is -0.119. The van der Waals surface area contributed by atoms with Gasteiger partial charge in [0.25, 0.3) is 0 Å². The van der Waals surface area contributed by atoms with E-state index in [1.165, 1.54) is 0 Å². The average molecular weight is 584 g/mol. The number of ketones is 2. The van der Waals surface area contributed by atoms with E-state index in [4.69, 9.17) is 14.2 Å². The van der Waals surface area contributed by atoms with Gasteiger partial charge in [-0.2, -0.15) is 0 Å². The van der Waals surface area contributed by atoms with Crippen LogP contribution < -0.4 is 9.47 Å². The zero-order valence-corrected chi connectivity index (χ0v) is 26.5. The van der Waals surface area contributed by atoms with Gasteiger partial charge in [-0.25, -0.2) is 0 Å². The van der Waals surface area contributed by atoms with Gasteiger partial charge in [0, 0.05) is 60.5 Å². The molecule has 0 saturated carbocycles. The first-order chi connectivity index (χ1) is 20.5. The molecule has 0 N–H and O–H groups in total. The Morgan fingerprint density at radius 2 is 1.51 bits per heavy atom. The van der Waals surface area contributed by atoms with Gasteiger partial charge in [-0.15, -0.1) is 6.58 Å². The highest BCUT2D eigenvalue weighted by molar-refractivity contribution is 6.06. The van der Waals surface area contributed by atoms with Gasteiger partial charge in [0.05, 0.1) is 13.7 Å². The largest absolute Gasteiger partial charge is 0.493 e. The summed E-state index contributed by atoms with van der Waals surface area (Å²) in [6, 6.07) is 14.1. The molecule has 3 aliphatic rings. The molecule has 0 atom stereocenters. The van der Waals surface area contributed by atoms with Gasteiger partial charge in [-0.05, 0) is 47.3 Å². The average Bonchev–Trinajstić information content (AvgIpc) is 2.94. The molecular weight excluding hydrogens is 538 g/mol. The minimum Gasteiger partial charge on any atom is -0.493 e. The van der Waals surface area contributed by atoms with Gasteiger partial charge in [0.2, 0.25) is 0 Å². The maximum Gasteiger partial charge on any atom is 0.165 e. The maximum absolute atomic E-state index is 14.1. The highest BCUT2D eigenvalue weighted by atomic mass is 16.5. The van der Waals surface area contributed by atoms with Gasteiger partial charge >= 0.3 is 0 Å². The number of carbonyl (C=O) groups excluding carboxylic acids is 2. The number of benzene rings is 2. The Morgan fingerprint density at radius 3 is 2.05 bits per heavy atom. The Kier molecular flexibility index (Phi) is 8.71. The first-order valence-corrected chi connectivity index (χ1v) is 15.3. The van der Waals surface area contributed by atoms with Gasteiger partial charge in [-0.1, -0.05) is 70.2 Å². The highest BCUT2D eigenvalue weighted by Gasteiger charge is 2.49. The number of ether oxygens (including phenoxy) is 3. The van der Waals surface area contributed by atoms with Crippen molar-refractivity contribution in [2.45, 2.75) is 72.3 Å². The van der Waals surface area contributed by atoms with E-state index in [0.717, 1.165) is 52.1 Å². The molecule has 6 heteroatoms. The summed E-state index contributed by atoms with van der Waals surface area (Å²) < 4.78 is 17.8. The molecule has 1 heterocycles. The lowest BCUT2D eigenvalue weighted by Crippen LogP contribution is -2.45. The Bertz CT molecular complexity index is 1430. The first-order valence-electron chi connectivity index (χ1n) is 15.3. The summed E-state index contributed by atoms with van der Waals surface area (Å²) in [7, 11) is 3.33. The van der Waals surface area contributed by atoms with Crippen molar-refractivity contribution < 1.29 is 23.8 Å². The molecule has 6 nitrogen and oxygen atoms in total. The molecule has 43 heavy (non-hydrogen) atoms. The van der Waals surface area contributed by atoms with Gasteiger partial charge in [-0.3, -0.25) is 9.59 Å². The van der Waals surface area contributed by atoms with Crippen LogP contribution in [0, 0.1) is 10.8 Å². The minimum atomic E-state index is -0.461. The Hall–Kier alpha value is -3.64. The number of rotatable bonds is 10. The third-order valence-electron chi connectivity index (χ3n) is 8.84. The summed E-state index contributed by atoms with van der Waals surface area (Å²) in [4.78, 5) is 30.5. The lowest BCUT2D eigenvalue weighted by atomic mass is 9.63. The summed E-state index contributed by atoms with van der Waals surface area (Å²) in [5.41, 5.74) is 6.03. The quantitative estimate of drug-likeness (QED) is 0.273. The summed E-state index contributed by atoms with van der Waals surface area (Å²) >= 11 is 0. The summed E-state index contributed by atoms with van der Waals surface area (Å²) in [5.74, 6) is 0.997. The van der Waals surface area contributed by atoms with Crippen molar-refractivity contribution in [2.24, 2.45) is 10.8 Å². The van der Waals surface area contributed by atoms with E-state index in [1.807, 2.05) is 42.5 Å². The fourth-order valence-electron chi connectivity index (χ4n) is 7.04. The molecule has 0 unspecified atom stereocenters. The number of Topliss-reactive ketones (excluding diaryl/α,β-unsaturated/α-hetero) is 2. The highest BCUT2D eigenvalue weighted by Crippen LogP contribution is 2.55. The molecule has 0 aromatic heterocycles. The first kappa shape index (κ1) is 30.8. The van der Waals surface area contributed by atoms with E-state index in [1.54, 1.807) is 14.2 Å². The molecule has 228 valence electrons. The number of methoxy groups -OCH3 is 2. The molecule has 0 spiro atoms. The van der Waals surface area contributed by atoms with Crippen molar-refractivity contribution in [1.82, 2.24) is 4.90 Å². The maximum atomic E-state index is 14.1. The van der Waals surface area contributed by atoms with E-state index < -0.39 is 5.92 Å². The zero-order valence-electron chi connectivity index (χ0n) is 26.5. The van der Waals surface area contributed by atoms with Crippen molar-refractivity contribution in [3.05, 3.63) is 94.4 Å². The van der Waals surface area contributed by atoms with Crippen LogP contribution in [0.15, 0.2) is 77.7 Å². The fraction of sp³-hybridized carbons (Fsp3) is 0.459. The fourth-order valence-corrected chi connectivity index (χ4v) is 7.04. The molecule has 0 bridgehead atoms. The van der Waals surface area contributed by atoms with Crippen LogP contribution in [0.2, 0.25) is 0 Å². The van der Waals surface area contributed by atoms with Crippen molar-refractivity contribution in [2.75, 3.05) is 27.4 Å². The van der Waals surface area contributed by atoms with Crippen LogP contribution >= 0.6 is 0 Å². The predicted molar refractivity (Wildman–Crippen MR) is 169 cm³/mol. The molecule has 2 aromatic rings. The molecule has 0 radical (unpaired) electrons. The second-order valence-electron chi connectivity index (χ2n) is 13.7. The summed E-state index contributed by atoms with van der Waals surface area (Å²) in [6.07, 6.45) is 4.80. The van der Waals surface area contributed by atoms with Crippen molar-refractivity contribution in [3.8, 4) is 11.5 Å². The topological polar surface area (TPSA) is 65.1 Å². The number of hydrogen-bond acceptors (Lipinski definition) is 6. The van der Waals surface area contributed by atoms with Gasteiger partial charge in [0.1, 0.15) is 6.61 Å². The Morgan fingerprint density at radius 1 is 0.907 bits per heavy atom. The summed E-state index contributed by atoms with van der Waals surface area (Å²) in [6.45, 7) is 14.1. The Labute approximate surface area is 256 Å². The van der Waals surface area contributed by atoms with Crippen LogP contribution in [-0.4, -0.2) is 43.8 Å². The standard InChI is InChI=1S/C37H45NO5/c1-8-12-25-17-26(18-31(42-7)35(25)43-23-24-13-10-9-11-14-24)32-33-27(19-36(2,3)21-29(33)39)38(15-16-41-6)28-20-37(4,5)22-30(40)34(28)32/h8-11,13-14,17-18,32H,1,12,15-16,19-23H2,2-7H3. The molecule has 5 rings (SSSR count). The lowest BCUT2D eigenvalue weighted by Gasteiger charge is -2.49. The van der Waals surface area contributed by atoms with E-state index in [2.05, 4.69) is 45.2 Å². The molecular formula is C37H45NO5. The van der Waals surface area contributed by atoms with Crippen molar-refractivity contribution in [1.29, 1.82) is 0 Å². The molecule has 2 aromatic carbocycles. The second kappa shape index (κ2) is 12.2. The third-order valence-corrected chi connectivity index (χ3v) is 8.84. The van der Waals surface area contributed by atoms with E-state index >= 15 is 0 Å². The van der Waals surface area contributed by atoms with E-state index in [-0.39, 0.29) is 22.4 Å². The Balaban J connectivity index is 1.70. The molecule has 1 aliphatic heterocycles. The second-order valence-corrected chi connectivity index (χ2v) is 13.7.